The van der Waals surface area contributed by atoms with E-state index < -0.39 is 0 Å². The largest absolute Gasteiger partial charge is 0.326 e. The number of carbonyl (C=O) groups is 1. The molecule has 2 heteroatoms. The van der Waals surface area contributed by atoms with Crippen LogP contribution in [0.25, 0.3) is 0 Å². The maximum atomic E-state index is 12.1. The Hall–Kier alpha value is -1.31. The summed E-state index contributed by atoms with van der Waals surface area (Å²) in [6.45, 7) is 8.36. The first-order chi connectivity index (χ1) is 7.45. The van der Waals surface area contributed by atoms with Gasteiger partial charge in [0.25, 0.3) is 0 Å². The lowest BCUT2D eigenvalue weighted by Gasteiger charge is -2.28. The molecular weight excluding hydrogens is 198 g/mol. The molecular formula is C14H21NO. The Bertz CT molecular complexity index is 338. The van der Waals surface area contributed by atoms with Gasteiger partial charge in [-0.15, -0.1) is 0 Å². The summed E-state index contributed by atoms with van der Waals surface area (Å²) in [6, 6.07) is 9.61. The number of anilines is 1. The van der Waals surface area contributed by atoms with E-state index in [0.29, 0.717) is 0 Å². The lowest BCUT2D eigenvalue weighted by atomic mass is 9.78. The topological polar surface area (TPSA) is 29.1 Å². The van der Waals surface area contributed by atoms with Crippen LogP contribution in [0.2, 0.25) is 0 Å². The molecule has 16 heavy (non-hydrogen) atoms. The fraction of sp³-hybridized carbons (Fsp3) is 0.500. The predicted molar refractivity (Wildman–Crippen MR) is 68.3 cm³/mol. The summed E-state index contributed by atoms with van der Waals surface area (Å²) in [5, 5.41) is 2.96. The molecule has 0 aliphatic carbocycles. The first-order valence-corrected chi connectivity index (χ1v) is 5.81. The van der Waals surface area contributed by atoms with Crippen molar-refractivity contribution in [1.82, 2.24) is 0 Å². The van der Waals surface area contributed by atoms with Crippen molar-refractivity contribution < 1.29 is 4.79 Å². The van der Waals surface area contributed by atoms with Gasteiger partial charge in [-0.2, -0.15) is 0 Å². The van der Waals surface area contributed by atoms with Gasteiger partial charge in [0.05, 0.1) is 0 Å². The van der Waals surface area contributed by atoms with Gasteiger partial charge < -0.3 is 5.32 Å². The maximum absolute atomic E-state index is 12.1. The molecule has 0 aromatic heterocycles. The van der Waals surface area contributed by atoms with Crippen molar-refractivity contribution in [3.63, 3.8) is 0 Å². The van der Waals surface area contributed by atoms with Gasteiger partial charge in [0.1, 0.15) is 0 Å². The molecule has 1 atom stereocenters. The Morgan fingerprint density at radius 3 is 2.25 bits per heavy atom. The van der Waals surface area contributed by atoms with E-state index in [-0.39, 0.29) is 17.2 Å². The smallest absolute Gasteiger partial charge is 0.228 e. The summed E-state index contributed by atoms with van der Waals surface area (Å²) < 4.78 is 0. The molecule has 0 bridgehead atoms. The third kappa shape index (κ3) is 3.37. The summed E-state index contributed by atoms with van der Waals surface area (Å²) in [5.74, 6) is 0.161. The van der Waals surface area contributed by atoms with Crippen molar-refractivity contribution in [1.29, 1.82) is 0 Å². The van der Waals surface area contributed by atoms with Crippen LogP contribution in [-0.2, 0) is 4.79 Å². The molecule has 1 aromatic carbocycles. The average Bonchev–Trinajstić information content (AvgIpc) is 2.17. The van der Waals surface area contributed by atoms with Crippen LogP contribution in [0.4, 0.5) is 5.69 Å². The number of benzene rings is 1. The van der Waals surface area contributed by atoms with Crippen LogP contribution >= 0.6 is 0 Å². The van der Waals surface area contributed by atoms with Crippen molar-refractivity contribution in [3.05, 3.63) is 30.3 Å². The Morgan fingerprint density at radius 2 is 1.81 bits per heavy atom. The molecule has 0 fully saturated rings. The highest BCUT2D eigenvalue weighted by Gasteiger charge is 2.29. The molecule has 88 valence electrons. The molecule has 0 radical (unpaired) electrons. The second-order valence-corrected chi connectivity index (χ2v) is 5.18. The van der Waals surface area contributed by atoms with Crippen LogP contribution in [0.1, 0.15) is 34.1 Å². The van der Waals surface area contributed by atoms with Crippen molar-refractivity contribution in [2.75, 3.05) is 5.32 Å². The Morgan fingerprint density at radius 1 is 1.25 bits per heavy atom. The van der Waals surface area contributed by atoms with Gasteiger partial charge in [-0.3, -0.25) is 4.79 Å². The number of hydrogen-bond acceptors (Lipinski definition) is 1. The van der Waals surface area contributed by atoms with Crippen LogP contribution in [0.5, 0.6) is 0 Å². The summed E-state index contributed by atoms with van der Waals surface area (Å²) in [4.78, 5) is 12.1. The van der Waals surface area contributed by atoms with Crippen LogP contribution < -0.4 is 5.32 Å². The number of amides is 1. The molecule has 0 aliphatic heterocycles. The van der Waals surface area contributed by atoms with Crippen molar-refractivity contribution in [3.8, 4) is 0 Å². The molecule has 1 N–H and O–H groups in total. The monoisotopic (exact) mass is 219 g/mol. The minimum atomic E-state index is 0.00755. The Labute approximate surface area is 98.1 Å². The highest BCUT2D eigenvalue weighted by atomic mass is 16.1. The van der Waals surface area contributed by atoms with Gasteiger partial charge in [-0.25, -0.2) is 0 Å². The molecule has 0 saturated carbocycles. The lowest BCUT2D eigenvalue weighted by Crippen LogP contribution is -2.32. The molecule has 1 amide bonds. The summed E-state index contributed by atoms with van der Waals surface area (Å²) in [7, 11) is 0. The van der Waals surface area contributed by atoms with Gasteiger partial charge in [0, 0.05) is 11.6 Å². The van der Waals surface area contributed by atoms with E-state index in [2.05, 4.69) is 33.0 Å². The number of hydrogen-bond donors (Lipinski definition) is 1. The van der Waals surface area contributed by atoms with Gasteiger partial charge in [0.15, 0.2) is 0 Å². The molecule has 0 aliphatic rings. The minimum Gasteiger partial charge on any atom is -0.326 e. The van der Waals surface area contributed by atoms with Crippen molar-refractivity contribution in [2.45, 2.75) is 34.1 Å². The zero-order valence-electron chi connectivity index (χ0n) is 10.6. The molecule has 0 spiro atoms. The van der Waals surface area contributed by atoms with Crippen LogP contribution in [0.15, 0.2) is 30.3 Å². The first kappa shape index (κ1) is 12.8. The van der Waals surface area contributed by atoms with Crippen molar-refractivity contribution in [2.24, 2.45) is 11.3 Å². The minimum absolute atomic E-state index is 0.00755. The SMILES string of the molecule is CCC(C(=O)Nc1ccccc1)C(C)(C)C. The fourth-order valence-corrected chi connectivity index (χ4v) is 1.94. The van der Waals surface area contributed by atoms with E-state index in [1.54, 1.807) is 0 Å². The third-order valence-corrected chi connectivity index (χ3v) is 2.81. The molecule has 1 aromatic rings. The number of carbonyl (C=O) groups excluding carboxylic acids is 1. The third-order valence-electron chi connectivity index (χ3n) is 2.81. The molecule has 1 rings (SSSR count). The fourth-order valence-electron chi connectivity index (χ4n) is 1.94. The van der Waals surface area contributed by atoms with Gasteiger partial charge >= 0.3 is 0 Å². The van der Waals surface area contributed by atoms with E-state index in [4.69, 9.17) is 0 Å². The van der Waals surface area contributed by atoms with E-state index in [1.807, 2.05) is 30.3 Å². The van der Waals surface area contributed by atoms with E-state index >= 15 is 0 Å². The normalized spacial score (nSPS) is 13.2. The highest BCUT2D eigenvalue weighted by Crippen LogP contribution is 2.29. The highest BCUT2D eigenvalue weighted by molar-refractivity contribution is 5.92. The van der Waals surface area contributed by atoms with E-state index in [1.165, 1.54) is 0 Å². The van der Waals surface area contributed by atoms with Gasteiger partial charge in [-0.1, -0.05) is 45.9 Å². The average molecular weight is 219 g/mol. The second-order valence-electron chi connectivity index (χ2n) is 5.18. The van der Waals surface area contributed by atoms with E-state index in [0.717, 1.165) is 12.1 Å². The predicted octanol–water partition coefficient (Wildman–Crippen LogP) is 3.70. The van der Waals surface area contributed by atoms with Crippen LogP contribution in [0, 0.1) is 11.3 Å². The zero-order chi connectivity index (χ0) is 12.2. The second kappa shape index (κ2) is 5.15. The molecule has 0 heterocycles. The van der Waals surface area contributed by atoms with E-state index in [9.17, 15) is 4.79 Å². The first-order valence-electron chi connectivity index (χ1n) is 5.81. The summed E-state index contributed by atoms with van der Waals surface area (Å²) in [5.41, 5.74) is 0.878. The standard InChI is InChI=1S/C14H21NO/c1-5-12(14(2,3)4)13(16)15-11-9-7-6-8-10-11/h6-10,12H,5H2,1-4H3,(H,15,16). The summed E-state index contributed by atoms with van der Waals surface area (Å²) in [6.07, 6.45) is 0.863. The summed E-state index contributed by atoms with van der Waals surface area (Å²) >= 11 is 0. The van der Waals surface area contributed by atoms with Crippen molar-refractivity contribution >= 4 is 11.6 Å². The zero-order valence-corrected chi connectivity index (χ0v) is 10.6. The quantitative estimate of drug-likeness (QED) is 0.825. The lowest BCUT2D eigenvalue weighted by molar-refractivity contribution is -0.123. The van der Waals surface area contributed by atoms with Gasteiger partial charge in [0.2, 0.25) is 5.91 Å². The number of nitrogens with one attached hydrogen (secondary N) is 1. The Balaban J connectivity index is 2.71. The Kier molecular flexibility index (Phi) is 4.11. The van der Waals surface area contributed by atoms with Crippen LogP contribution in [-0.4, -0.2) is 5.91 Å². The number of rotatable bonds is 3. The molecule has 1 unspecified atom stereocenters. The van der Waals surface area contributed by atoms with Gasteiger partial charge in [-0.05, 0) is 24.0 Å². The number of para-hydroxylation sites is 1. The van der Waals surface area contributed by atoms with Crippen LogP contribution in [0.3, 0.4) is 0 Å². The maximum Gasteiger partial charge on any atom is 0.228 e. The molecule has 0 saturated heterocycles. The molecule has 2 nitrogen and oxygen atoms in total.